The zero-order valence-corrected chi connectivity index (χ0v) is 13.5. The number of carbonyl (C=O) groups is 2. The van der Waals surface area contributed by atoms with Crippen LogP contribution < -0.4 is 4.90 Å². The minimum absolute atomic E-state index is 0.171. The van der Waals surface area contributed by atoms with E-state index in [2.05, 4.69) is 4.98 Å². The van der Waals surface area contributed by atoms with Crippen molar-refractivity contribution in [3.63, 3.8) is 0 Å². The van der Waals surface area contributed by atoms with E-state index in [0.29, 0.717) is 31.9 Å². The van der Waals surface area contributed by atoms with Crippen molar-refractivity contribution in [3.05, 3.63) is 59.9 Å². The fourth-order valence-corrected chi connectivity index (χ4v) is 2.57. The van der Waals surface area contributed by atoms with E-state index in [0.717, 1.165) is 5.69 Å². The van der Waals surface area contributed by atoms with Gasteiger partial charge in [-0.1, -0.05) is 18.2 Å². The highest BCUT2D eigenvalue weighted by molar-refractivity contribution is 6.06. The highest BCUT2D eigenvalue weighted by Gasteiger charge is 2.21. The van der Waals surface area contributed by atoms with Crippen LogP contribution in [0.15, 0.2) is 48.7 Å². The summed E-state index contributed by atoms with van der Waals surface area (Å²) in [7, 11) is 1.71. The van der Waals surface area contributed by atoms with E-state index in [1.165, 1.54) is 6.20 Å². The van der Waals surface area contributed by atoms with Gasteiger partial charge in [0.2, 0.25) is 0 Å². The molecule has 0 atom stereocenters. The lowest BCUT2D eigenvalue weighted by atomic mass is 10.1. The fraction of sp³-hybridized carbons (Fsp3) is 0.278. The van der Waals surface area contributed by atoms with Crippen LogP contribution in [-0.2, 0) is 4.74 Å². The quantitative estimate of drug-likeness (QED) is 0.864. The molecule has 0 unspecified atom stereocenters. The van der Waals surface area contributed by atoms with Crippen molar-refractivity contribution in [2.24, 2.45) is 0 Å². The van der Waals surface area contributed by atoms with E-state index in [1.807, 2.05) is 30.3 Å². The first kappa shape index (κ1) is 16.1. The summed E-state index contributed by atoms with van der Waals surface area (Å²) in [6.07, 6.45) is 1.50. The lowest BCUT2D eigenvalue weighted by Gasteiger charge is -2.26. The van der Waals surface area contributed by atoms with Crippen LogP contribution in [0.2, 0.25) is 0 Å². The van der Waals surface area contributed by atoms with Crippen molar-refractivity contribution in [1.82, 2.24) is 9.88 Å². The molecule has 0 saturated carbocycles. The number of aromatic nitrogens is 1. The monoisotopic (exact) mass is 325 g/mol. The van der Waals surface area contributed by atoms with E-state index in [4.69, 9.17) is 4.74 Å². The first-order valence-corrected chi connectivity index (χ1v) is 7.83. The maximum Gasteiger partial charge on any atom is 0.272 e. The molecule has 2 aromatic rings. The molecule has 1 fully saturated rings. The summed E-state index contributed by atoms with van der Waals surface area (Å²) in [5.41, 5.74) is 1.51. The van der Waals surface area contributed by atoms with Crippen LogP contribution in [0.1, 0.15) is 20.8 Å². The van der Waals surface area contributed by atoms with E-state index in [-0.39, 0.29) is 17.5 Å². The molecule has 1 aromatic heterocycles. The minimum atomic E-state index is -0.181. The number of nitrogens with zero attached hydrogens (tertiary/aromatic N) is 3. The first-order valence-electron chi connectivity index (χ1n) is 7.83. The Balaban J connectivity index is 1.79. The average Bonchev–Trinajstić information content (AvgIpc) is 2.67. The molecule has 2 amide bonds. The van der Waals surface area contributed by atoms with Gasteiger partial charge in [-0.15, -0.1) is 0 Å². The van der Waals surface area contributed by atoms with Gasteiger partial charge in [0, 0.05) is 37.6 Å². The number of amides is 2. The summed E-state index contributed by atoms with van der Waals surface area (Å²) in [6.45, 7) is 2.15. The normalized spacial score (nSPS) is 14.3. The molecule has 1 saturated heterocycles. The van der Waals surface area contributed by atoms with Gasteiger partial charge in [0.25, 0.3) is 11.8 Å². The number of morpholine rings is 1. The Morgan fingerprint density at radius 1 is 1.12 bits per heavy atom. The van der Waals surface area contributed by atoms with Gasteiger partial charge in [-0.3, -0.25) is 14.6 Å². The van der Waals surface area contributed by atoms with Crippen molar-refractivity contribution in [2.45, 2.75) is 0 Å². The molecule has 24 heavy (non-hydrogen) atoms. The highest BCUT2D eigenvalue weighted by atomic mass is 16.5. The molecule has 6 heteroatoms. The van der Waals surface area contributed by atoms with Gasteiger partial charge in [-0.25, -0.2) is 0 Å². The van der Waals surface area contributed by atoms with Gasteiger partial charge in [0.15, 0.2) is 0 Å². The number of pyridine rings is 1. The van der Waals surface area contributed by atoms with Gasteiger partial charge in [-0.2, -0.15) is 0 Å². The Labute approximate surface area is 140 Å². The van der Waals surface area contributed by atoms with Crippen LogP contribution in [0, 0.1) is 0 Å². The molecule has 0 N–H and O–H groups in total. The number of benzene rings is 1. The molecule has 124 valence electrons. The van der Waals surface area contributed by atoms with Crippen molar-refractivity contribution in [1.29, 1.82) is 0 Å². The van der Waals surface area contributed by atoms with Gasteiger partial charge in [0.1, 0.15) is 5.69 Å². The number of carbonyl (C=O) groups excluding carboxylic acids is 2. The minimum Gasteiger partial charge on any atom is -0.378 e. The summed E-state index contributed by atoms with van der Waals surface area (Å²) in [5, 5.41) is 0. The summed E-state index contributed by atoms with van der Waals surface area (Å²) >= 11 is 0. The molecule has 0 aliphatic carbocycles. The Morgan fingerprint density at radius 2 is 1.83 bits per heavy atom. The van der Waals surface area contributed by atoms with Gasteiger partial charge in [0.05, 0.1) is 13.2 Å². The second kappa shape index (κ2) is 7.23. The van der Waals surface area contributed by atoms with Crippen molar-refractivity contribution < 1.29 is 14.3 Å². The van der Waals surface area contributed by atoms with Gasteiger partial charge < -0.3 is 14.5 Å². The van der Waals surface area contributed by atoms with Crippen molar-refractivity contribution >= 4 is 17.5 Å². The largest absolute Gasteiger partial charge is 0.378 e. The van der Waals surface area contributed by atoms with Gasteiger partial charge >= 0.3 is 0 Å². The average molecular weight is 325 g/mol. The molecule has 2 heterocycles. The summed E-state index contributed by atoms with van der Waals surface area (Å²) in [5.74, 6) is -0.352. The van der Waals surface area contributed by atoms with Crippen LogP contribution in [0.3, 0.4) is 0 Å². The van der Waals surface area contributed by atoms with Crippen LogP contribution >= 0.6 is 0 Å². The number of hydrogen-bond acceptors (Lipinski definition) is 4. The lowest BCUT2D eigenvalue weighted by Crippen LogP contribution is -2.41. The third-order valence-electron chi connectivity index (χ3n) is 3.97. The summed E-state index contributed by atoms with van der Waals surface area (Å²) in [4.78, 5) is 32.5. The molecule has 6 nitrogen and oxygen atoms in total. The highest BCUT2D eigenvalue weighted by Crippen LogP contribution is 2.15. The summed E-state index contributed by atoms with van der Waals surface area (Å²) in [6, 6.07) is 12.5. The molecule has 0 radical (unpaired) electrons. The van der Waals surface area contributed by atoms with E-state index < -0.39 is 0 Å². The van der Waals surface area contributed by atoms with Crippen LogP contribution in [0.5, 0.6) is 0 Å². The van der Waals surface area contributed by atoms with Crippen LogP contribution in [0.4, 0.5) is 5.69 Å². The number of hydrogen-bond donors (Lipinski definition) is 0. The van der Waals surface area contributed by atoms with E-state index >= 15 is 0 Å². The number of para-hydroxylation sites is 1. The first-order chi connectivity index (χ1) is 11.7. The molecule has 3 rings (SSSR count). The SMILES string of the molecule is CN(C(=O)c1ccnc(C(=O)N2CCOCC2)c1)c1ccccc1. The standard InChI is InChI=1S/C18H19N3O3/c1-20(15-5-3-2-4-6-15)17(22)14-7-8-19-16(13-14)18(23)21-9-11-24-12-10-21/h2-8,13H,9-12H2,1H3. The maximum absolute atomic E-state index is 12.6. The molecule has 1 aliphatic heterocycles. The maximum atomic E-state index is 12.6. The Kier molecular flexibility index (Phi) is 4.86. The third-order valence-corrected chi connectivity index (χ3v) is 3.97. The lowest BCUT2D eigenvalue weighted by molar-refractivity contribution is 0.0299. The van der Waals surface area contributed by atoms with E-state index in [9.17, 15) is 9.59 Å². The number of anilines is 1. The summed E-state index contributed by atoms with van der Waals surface area (Å²) < 4.78 is 5.25. The second-order valence-electron chi connectivity index (χ2n) is 5.53. The Hall–Kier alpha value is -2.73. The topological polar surface area (TPSA) is 62.7 Å². The molecule has 1 aromatic carbocycles. The molecular formula is C18H19N3O3. The second-order valence-corrected chi connectivity index (χ2v) is 5.53. The van der Waals surface area contributed by atoms with Crippen molar-refractivity contribution in [3.8, 4) is 0 Å². The van der Waals surface area contributed by atoms with Gasteiger partial charge in [-0.05, 0) is 24.3 Å². The third kappa shape index (κ3) is 3.44. The smallest absolute Gasteiger partial charge is 0.272 e. The molecule has 0 spiro atoms. The molecule has 1 aliphatic rings. The van der Waals surface area contributed by atoms with E-state index in [1.54, 1.807) is 29.0 Å². The molecular weight excluding hydrogens is 306 g/mol. The molecule has 0 bridgehead atoms. The van der Waals surface area contributed by atoms with Crippen LogP contribution in [-0.4, -0.2) is 55.0 Å². The zero-order chi connectivity index (χ0) is 16.9. The number of ether oxygens (including phenoxy) is 1. The fourth-order valence-electron chi connectivity index (χ4n) is 2.57. The predicted molar refractivity (Wildman–Crippen MR) is 90.1 cm³/mol. The number of rotatable bonds is 3. The van der Waals surface area contributed by atoms with Crippen LogP contribution in [0.25, 0.3) is 0 Å². The Bertz CT molecular complexity index is 727. The zero-order valence-electron chi connectivity index (χ0n) is 13.5. The Morgan fingerprint density at radius 3 is 2.54 bits per heavy atom. The predicted octanol–water partition coefficient (Wildman–Crippen LogP) is 1.83. The van der Waals surface area contributed by atoms with Crippen molar-refractivity contribution in [2.75, 3.05) is 38.3 Å².